The second-order valence-corrected chi connectivity index (χ2v) is 10.9. The molecule has 0 amide bonds. The molecular weight excluding hydrogens is 445 g/mol. The predicted molar refractivity (Wildman–Crippen MR) is 135 cm³/mol. The van der Waals surface area contributed by atoms with Crippen molar-refractivity contribution >= 4 is 33.4 Å². The molecule has 35 heavy (non-hydrogen) atoms. The summed E-state index contributed by atoms with van der Waals surface area (Å²) in [7, 11) is 1.78. The van der Waals surface area contributed by atoms with Crippen LogP contribution in [0.5, 0.6) is 11.8 Å². The molecule has 3 atom stereocenters. The number of nitrogens with zero attached hydrogens (tertiary/aromatic N) is 5. The first kappa shape index (κ1) is 22.0. The highest BCUT2D eigenvalue weighted by Gasteiger charge is 2.44. The Balaban J connectivity index is 1.48. The van der Waals surface area contributed by atoms with Crippen molar-refractivity contribution in [3.05, 3.63) is 36.2 Å². The number of benzene rings is 1. The van der Waals surface area contributed by atoms with Gasteiger partial charge in [-0.05, 0) is 36.8 Å². The van der Waals surface area contributed by atoms with Gasteiger partial charge in [-0.3, -0.25) is 0 Å². The van der Waals surface area contributed by atoms with Gasteiger partial charge in [0.05, 0.1) is 29.0 Å². The minimum atomic E-state index is -0.304. The van der Waals surface area contributed by atoms with Gasteiger partial charge in [-0.15, -0.1) is 0 Å². The van der Waals surface area contributed by atoms with Gasteiger partial charge in [0, 0.05) is 30.4 Å². The van der Waals surface area contributed by atoms with E-state index in [-0.39, 0.29) is 17.2 Å². The summed E-state index contributed by atoms with van der Waals surface area (Å²) in [5.41, 5.74) is 1.93. The summed E-state index contributed by atoms with van der Waals surface area (Å²) in [5.74, 6) is 3.04. The van der Waals surface area contributed by atoms with E-state index in [4.69, 9.17) is 9.72 Å². The van der Waals surface area contributed by atoms with E-state index in [1.54, 1.807) is 25.5 Å². The van der Waals surface area contributed by atoms with E-state index in [0.717, 1.165) is 47.3 Å². The van der Waals surface area contributed by atoms with Crippen LogP contribution in [-0.2, 0) is 5.41 Å². The lowest BCUT2D eigenvalue weighted by molar-refractivity contribution is 0.402. The van der Waals surface area contributed by atoms with Crippen molar-refractivity contribution in [2.24, 2.45) is 11.8 Å². The summed E-state index contributed by atoms with van der Waals surface area (Å²) in [6.07, 6.45) is 5.59. The van der Waals surface area contributed by atoms with Crippen molar-refractivity contribution in [2.45, 2.75) is 52.0 Å². The Bertz CT molecular complexity index is 1420. The third kappa shape index (κ3) is 3.64. The largest absolute Gasteiger partial charge is 0.421 e. The third-order valence-electron chi connectivity index (χ3n) is 7.43. The molecular formula is C26H30FN7O. The van der Waals surface area contributed by atoms with E-state index in [9.17, 15) is 4.39 Å². The summed E-state index contributed by atoms with van der Waals surface area (Å²) in [6, 6.07) is 3.67. The topological polar surface area (TPSA) is 91.8 Å². The molecule has 2 bridgehead atoms. The van der Waals surface area contributed by atoms with Crippen molar-refractivity contribution in [3.8, 4) is 11.8 Å². The first-order chi connectivity index (χ1) is 16.7. The average molecular weight is 476 g/mol. The fourth-order valence-electron chi connectivity index (χ4n) is 5.61. The highest BCUT2D eigenvalue weighted by atomic mass is 19.1. The van der Waals surface area contributed by atoms with Crippen LogP contribution in [0.25, 0.3) is 21.9 Å². The number of hydrogen-bond acceptors (Lipinski definition) is 7. The Kier molecular flexibility index (Phi) is 4.88. The summed E-state index contributed by atoms with van der Waals surface area (Å²) >= 11 is 0. The van der Waals surface area contributed by atoms with Crippen LogP contribution in [0.1, 0.15) is 46.4 Å². The van der Waals surface area contributed by atoms with Gasteiger partial charge in [-0.2, -0.15) is 9.97 Å². The molecule has 0 radical (unpaired) electrons. The Morgan fingerprint density at radius 3 is 2.54 bits per heavy atom. The highest BCUT2D eigenvalue weighted by Crippen LogP contribution is 2.46. The third-order valence-corrected chi connectivity index (χ3v) is 7.43. The number of H-pyrrole nitrogens is 1. The molecule has 2 aliphatic rings. The van der Waals surface area contributed by atoms with Gasteiger partial charge >= 0.3 is 6.01 Å². The second kappa shape index (κ2) is 7.76. The Morgan fingerprint density at radius 2 is 1.91 bits per heavy atom. The van der Waals surface area contributed by atoms with Crippen LogP contribution in [0, 0.1) is 17.7 Å². The van der Waals surface area contributed by atoms with Gasteiger partial charge in [0.2, 0.25) is 0 Å². The van der Waals surface area contributed by atoms with Crippen LogP contribution >= 0.6 is 0 Å². The van der Waals surface area contributed by atoms with Crippen LogP contribution in [0.2, 0.25) is 0 Å². The Labute approximate surface area is 203 Å². The van der Waals surface area contributed by atoms with E-state index in [1.807, 2.05) is 0 Å². The van der Waals surface area contributed by atoms with E-state index in [0.29, 0.717) is 35.0 Å². The molecule has 8 nitrogen and oxygen atoms in total. The van der Waals surface area contributed by atoms with Gasteiger partial charge in [-0.1, -0.05) is 27.7 Å². The molecule has 4 aromatic rings. The lowest BCUT2D eigenvalue weighted by Gasteiger charge is -2.31. The first-order valence-corrected chi connectivity index (χ1v) is 12.2. The van der Waals surface area contributed by atoms with Crippen molar-refractivity contribution in [1.29, 1.82) is 0 Å². The zero-order valence-electron chi connectivity index (χ0n) is 20.7. The van der Waals surface area contributed by atoms with E-state index >= 15 is 0 Å². The van der Waals surface area contributed by atoms with Crippen LogP contribution in [-0.4, -0.2) is 44.6 Å². The maximum atomic E-state index is 14.5. The zero-order chi connectivity index (χ0) is 24.5. The quantitative estimate of drug-likeness (QED) is 0.408. The van der Waals surface area contributed by atoms with Gasteiger partial charge in [-0.25, -0.2) is 14.4 Å². The fourth-order valence-corrected chi connectivity index (χ4v) is 5.61. The van der Waals surface area contributed by atoms with Crippen molar-refractivity contribution < 1.29 is 9.13 Å². The number of halogens is 1. The minimum absolute atomic E-state index is 0.155. The van der Waals surface area contributed by atoms with Crippen molar-refractivity contribution in [1.82, 2.24) is 24.9 Å². The molecule has 6 rings (SSSR count). The summed E-state index contributed by atoms with van der Waals surface area (Å²) in [6.45, 7) is 9.45. The number of rotatable bonds is 4. The highest BCUT2D eigenvalue weighted by molar-refractivity contribution is 6.14. The number of ether oxygens (including phenoxy) is 1. The molecule has 4 heterocycles. The number of piperidine rings is 1. The van der Waals surface area contributed by atoms with Crippen LogP contribution in [0.4, 0.5) is 15.9 Å². The summed E-state index contributed by atoms with van der Waals surface area (Å²) in [5, 5.41) is 4.67. The monoisotopic (exact) mass is 475 g/mol. The smallest absolute Gasteiger partial charge is 0.326 e. The van der Waals surface area contributed by atoms with E-state index in [1.165, 1.54) is 6.07 Å². The molecule has 1 saturated carbocycles. The number of aromatic amines is 1. The van der Waals surface area contributed by atoms with Gasteiger partial charge < -0.3 is 19.9 Å². The number of hydrogen-bond donors (Lipinski definition) is 2. The number of anilines is 2. The van der Waals surface area contributed by atoms with E-state index in [2.05, 4.69) is 57.8 Å². The fraction of sp³-hybridized carbons (Fsp3) is 0.462. The Hall–Kier alpha value is -3.49. The van der Waals surface area contributed by atoms with Crippen LogP contribution < -0.4 is 15.0 Å². The maximum Gasteiger partial charge on any atom is 0.326 e. The van der Waals surface area contributed by atoms with Crippen LogP contribution in [0.3, 0.4) is 0 Å². The molecule has 0 spiro atoms. The van der Waals surface area contributed by atoms with Crippen molar-refractivity contribution in [3.63, 3.8) is 0 Å². The van der Waals surface area contributed by atoms with Crippen molar-refractivity contribution in [2.75, 3.05) is 23.8 Å². The zero-order valence-corrected chi connectivity index (χ0v) is 20.7. The average Bonchev–Trinajstić information content (AvgIpc) is 3.49. The first-order valence-electron chi connectivity index (χ1n) is 12.2. The summed E-state index contributed by atoms with van der Waals surface area (Å²) < 4.78 is 20.6. The molecule has 2 unspecified atom stereocenters. The standard InChI is InChI=1S/C26H30FN7O/c1-13-6-16-7-14(13)12-34(16)23-20-18-8-15(27)9-19(28-5)21(18)31-22(20)32-25(33-23)35-17-10-29-24(30-11-17)26(2,3)4/h8-11,13-14,16,28H,6-7,12H2,1-5H3,(H,31,32,33)/t13-,14?,16?/m1/s1. The number of aromatic nitrogens is 5. The predicted octanol–water partition coefficient (Wildman–Crippen LogP) is 5.41. The van der Waals surface area contributed by atoms with Gasteiger partial charge in [0.15, 0.2) is 5.75 Å². The minimum Gasteiger partial charge on any atom is -0.421 e. The molecule has 182 valence electrons. The normalized spacial score (nSPS) is 21.9. The molecule has 1 aliphatic carbocycles. The molecule has 1 aliphatic heterocycles. The molecule has 1 saturated heterocycles. The SMILES string of the molecule is CNc1cc(F)cc2c1[nH]c1nc(Oc3cnc(C(C)(C)C)nc3)nc(N3CC4CC3C[C@H]4C)c12. The lowest BCUT2D eigenvalue weighted by atomic mass is 9.96. The molecule has 2 fully saturated rings. The van der Waals surface area contributed by atoms with E-state index < -0.39 is 0 Å². The second-order valence-electron chi connectivity index (χ2n) is 10.9. The lowest BCUT2D eigenvalue weighted by Crippen LogP contribution is -2.35. The summed E-state index contributed by atoms with van der Waals surface area (Å²) in [4.78, 5) is 24.2. The molecule has 2 N–H and O–H groups in total. The molecule has 1 aromatic carbocycles. The number of nitrogens with one attached hydrogen (secondary N) is 2. The molecule has 3 aromatic heterocycles. The maximum absolute atomic E-state index is 14.5. The molecule has 9 heteroatoms. The van der Waals surface area contributed by atoms with Gasteiger partial charge in [0.1, 0.15) is 23.1 Å². The van der Waals surface area contributed by atoms with Gasteiger partial charge in [0.25, 0.3) is 0 Å². The number of fused-ring (bicyclic) bond motifs is 5. The Morgan fingerprint density at radius 1 is 1.14 bits per heavy atom. The van der Waals surface area contributed by atoms with Crippen LogP contribution in [0.15, 0.2) is 24.5 Å².